The number of aryl methyl sites for hydroxylation is 1. The van der Waals surface area contributed by atoms with E-state index in [1.807, 2.05) is 61.5 Å². The van der Waals surface area contributed by atoms with Crippen LogP contribution < -0.4 is 9.47 Å². The van der Waals surface area contributed by atoms with Gasteiger partial charge in [0.25, 0.3) is 0 Å². The van der Waals surface area contributed by atoms with Crippen LogP contribution in [0.1, 0.15) is 5.56 Å². The molecule has 0 fully saturated rings. The summed E-state index contributed by atoms with van der Waals surface area (Å²) in [7, 11) is 3.22. The molecule has 0 aliphatic rings. The zero-order valence-corrected chi connectivity index (χ0v) is 16.5. The van der Waals surface area contributed by atoms with Crippen LogP contribution in [0.15, 0.2) is 67.0 Å². The minimum absolute atomic E-state index is 0.261. The highest BCUT2D eigenvalue weighted by atomic mass is 16.5. The summed E-state index contributed by atoms with van der Waals surface area (Å²) < 4.78 is 12.4. The van der Waals surface area contributed by atoms with Crippen molar-refractivity contribution in [2.24, 2.45) is 0 Å². The van der Waals surface area contributed by atoms with Crippen LogP contribution in [0.5, 0.6) is 17.2 Å². The third-order valence-electron chi connectivity index (χ3n) is 4.80. The number of rotatable bonds is 5. The highest BCUT2D eigenvalue weighted by Gasteiger charge is 2.13. The fourth-order valence-corrected chi connectivity index (χ4v) is 3.29. The van der Waals surface area contributed by atoms with E-state index < -0.39 is 0 Å². The summed E-state index contributed by atoms with van der Waals surface area (Å²) in [6.07, 6.45) is 1.66. The Morgan fingerprint density at radius 3 is 2.45 bits per heavy atom. The van der Waals surface area contributed by atoms with Gasteiger partial charge in [0, 0.05) is 17.2 Å². The Kier molecular flexibility index (Phi) is 4.91. The third-order valence-corrected chi connectivity index (χ3v) is 4.80. The molecular weight excluding hydrogens is 366 g/mol. The lowest BCUT2D eigenvalue weighted by Crippen LogP contribution is -1.99. The number of ether oxygens (including phenoxy) is 2. The van der Waals surface area contributed by atoms with Crippen LogP contribution in [0.4, 0.5) is 0 Å². The maximum Gasteiger partial charge on any atom is 0.181 e. The molecule has 1 aromatic heterocycles. The van der Waals surface area contributed by atoms with Crippen LogP contribution >= 0.6 is 0 Å². The molecule has 6 nitrogen and oxygen atoms in total. The lowest BCUT2D eigenvalue weighted by Gasteiger charge is -2.10. The van der Waals surface area contributed by atoms with Gasteiger partial charge in [-0.3, -0.25) is 0 Å². The Hall–Kier alpha value is -3.80. The van der Waals surface area contributed by atoms with E-state index in [2.05, 4.69) is 10.1 Å². The van der Waals surface area contributed by atoms with Crippen LogP contribution in [0.25, 0.3) is 28.2 Å². The zero-order chi connectivity index (χ0) is 20.4. The van der Waals surface area contributed by atoms with Gasteiger partial charge in [0.05, 0.1) is 14.2 Å². The lowest BCUT2D eigenvalue weighted by molar-refractivity contribution is 0.392. The molecule has 0 unspecified atom stereocenters. The number of para-hydroxylation sites is 1. The van der Waals surface area contributed by atoms with Gasteiger partial charge in [0.1, 0.15) is 29.3 Å². The number of aromatic nitrogens is 3. The van der Waals surface area contributed by atoms with Crippen LogP contribution in [-0.2, 0) is 0 Å². The zero-order valence-electron chi connectivity index (χ0n) is 16.5. The molecule has 1 N–H and O–H groups in total. The van der Waals surface area contributed by atoms with E-state index in [9.17, 15) is 5.11 Å². The van der Waals surface area contributed by atoms with Gasteiger partial charge in [-0.1, -0.05) is 30.3 Å². The van der Waals surface area contributed by atoms with E-state index in [4.69, 9.17) is 9.47 Å². The molecule has 0 amide bonds. The number of nitrogens with zero attached hydrogens (tertiary/aromatic N) is 3. The van der Waals surface area contributed by atoms with Crippen LogP contribution in [-0.4, -0.2) is 34.1 Å². The Morgan fingerprint density at radius 1 is 0.897 bits per heavy atom. The number of methoxy groups -OCH3 is 2. The number of phenols is 1. The molecule has 6 heteroatoms. The highest BCUT2D eigenvalue weighted by Crippen LogP contribution is 2.33. The normalized spacial score (nSPS) is 10.7. The van der Waals surface area contributed by atoms with Gasteiger partial charge in [0.2, 0.25) is 0 Å². The number of hydrogen-bond donors (Lipinski definition) is 1. The van der Waals surface area contributed by atoms with Crippen molar-refractivity contribution < 1.29 is 14.6 Å². The molecule has 4 rings (SSSR count). The largest absolute Gasteiger partial charge is 0.507 e. The number of benzene rings is 3. The smallest absolute Gasteiger partial charge is 0.181 e. The minimum atomic E-state index is 0.261. The van der Waals surface area contributed by atoms with E-state index in [-0.39, 0.29) is 5.75 Å². The standard InChI is InChI=1S/C23H21N3O3/c1-15-12-16(8-10-18(15)19-6-4-5-7-21(19)27)23-24-14-26(25-23)20-11-9-17(28-2)13-22(20)29-3/h4-14,27H,1-3H3. The van der Waals surface area contributed by atoms with Crippen molar-refractivity contribution in [3.05, 3.63) is 72.6 Å². The SMILES string of the molecule is COc1ccc(-n2cnc(-c3ccc(-c4ccccc4O)c(C)c3)n2)c(OC)c1. The van der Waals surface area contributed by atoms with Gasteiger partial charge < -0.3 is 14.6 Å². The van der Waals surface area contributed by atoms with Gasteiger partial charge in [-0.05, 0) is 42.3 Å². The van der Waals surface area contributed by atoms with Gasteiger partial charge in [-0.25, -0.2) is 9.67 Å². The maximum absolute atomic E-state index is 10.1. The van der Waals surface area contributed by atoms with E-state index in [0.29, 0.717) is 17.3 Å². The van der Waals surface area contributed by atoms with Crippen LogP contribution in [0, 0.1) is 6.92 Å². The van der Waals surface area contributed by atoms with Gasteiger partial charge in [-0.15, -0.1) is 5.10 Å². The van der Waals surface area contributed by atoms with Gasteiger partial charge >= 0.3 is 0 Å². The predicted octanol–water partition coefficient (Wildman–Crippen LogP) is 4.63. The van der Waals surface area contributed by atoms with Crippen LogP contribution in [0.2, 0.25) is 0 Å². The van der Waals surface area contributed by atoms with Crippen molar-refractivity contribution in [3.8, 4) is 45.5 Å². The average molecular weight is 387 g/mol. The molecule has 4 aromatic rings. The average Bonchev–Trinajstić information content (AvgIpc) is 3.24. The van der Waals surface area contributed by atoms with Crippen molar-refractivity contribution in [1.29, 1.82) is 0 Å². The minimum Gasteiger partial charge on any atom is -0.507 e. The van der Waals surface area contributed by atoms with Crippen molar-refractivity contribution in [3.63, 3.8) is 0 Å². The molecule has 0 saturated carbocycles. The Morgan fingerprint density at radius 2 is 1.72 bits per heavy atom. The molecule has 0 radical (unpaired) electrons. The Labute approximate surface area is 169 Å². The molecular formula is C23H21N3O3. The van der Waals surface area contributed by atoms with Crippen molar-refractivity contribution in [2.45, 2.75) is 6.92 Å². The summed E-state index contributed by atoms with van der Waals surface area (Å²) in [5, 5.41) is 14.8. The molecule has 3 aromatic carbocycles. The molecule has 29 heavy (non-hydrogen) atoms. The van der Waals surface area contributed by atoms with E-state index in [1.165, 1.54) is 0 Å². The maximum atomic E-state index is 10.1. The topological polar surface area (TPSA) is 69.4 Å². The molecule has 0 spiro atoms. The summed E-state index contributed by atoms with van der Waals surface area (Å²) in [6.45, 7) is 2.01. The second-order valence-corrected chi connectivity index (χ2v) is 6.60. The number of hydrogen-bond acceptors (Lipinski definition) is 5. The monoisotopic (exact) mass is 387 g/mol. The second-order valence-electron chi connectivity index (χ2n) is 6.60. The first kappa shape index (κ1) is 18.6. The molecule has 0 aliphatic heterocycles. The van der Waals surface area contributed by atoms with E-state index in [0.717, 1.165) is 27.9 Å². The summed E-state index contributed by atoms with van der Waals surface area (Å²) in [4.78, 5) is 4.46. The first-order valence-electron chi connectivity index (χ1n) is 9.14. The lowest BCUT2D eigenvalue weighted by atomic mass is 9.97. The van der Waals surface area contributed by atoms with E-state index in [1.54, 1.807) is 31.3 Å². The first-order valence-corrected chi connectivity index (χ1v) is 9.14. The quantitative estimate of drug-likeness (QED) is 0.541. The first-order chi connectivity index (χ1) is 14.1. The summed E-state index contributed by atoms with van der Waals surface area (Å²) in [5.41, 5.74) is 4.48. The fraction of sp³-hybridized carbons (Fsp3) is 0.130. The summed E-state index contributed by atoms with van der Waals surface area (Å²) in [6, 6.07) is 18.8. The molecule has 146 valence electrons. The molecule has 0 aliphatic carbocycles. The Balaban J connectivity index is 1.69. The fourth-order valence-electron chi connectivity index (χ4n) is 3.29. The van der Waals surface area contributed by atoms with Crippen LogP contribution in [0.3, 0.4) is 0 Å². The van der Waals surface area contributed by atoms with Crippen molar-refractivity contribution >= 4 is 0 Å². The number of phenolic OH excluding ortho intramolecular Hbond substituents is 1. The molecule has 0 saturated heterocycles. The Bertz CT molecular complexity index is 1170. The van der Waals surface area contributed by atoms with Gasteiger partial charge in [-0.2, -0.15) is 0 Å². The summed E-state index contributed by atoms with van der Waals surface area (Å²) in [5.74, 6) is 2.22. The second kappa shape index (κ2) is 7.67. The molecule has 0 bridgehead atoms. The van der Waals surface area contributed by atoms with E-state index >= 15 is 0 Å². The van der Waals surface area contributed by atoms with Crippen molar-refractivity contribution in [2.75, 3.05) is 14.2 Å². The predicted molar refractivity (Wildman–Crippen MR) is 112 cm³/mol. The molecule has 1 heterocycles. The van der Waals surface area contributed by atoms with Crippen molar-refractivity contribution in [1.82, 2.24) is 14.8 Å². The highest BCUT2D eigenvalue weighted by molar-refractivity contribution is 5.75. The number of aromatic hydroxyl groups is 1. The van der Waals surface area contributed by atoms with Gasteiger partial charge in [0.15, 0.2) is 5.82 Å². The summed E-state index contributed by atoms with van der Waals surface area (Å²) >= 11 is 0. The molecule has 0 atom stereocenters. The third kappa shape index (κ3) is 3.52.